The topological polar surface area (TPSA) is 52.3 Å². The van der Waals surface area contributed by atoms with Crippen LogP contribution in [0.4, 0.5) is 0 Å². The maximum absolute atomic E-state index is 11.2. The first kappa shape index (κ1) is 10.7. The van der Waals surface area contributed by atoms with E-state index in [0.717, 1.165) is 5.56 Å². The maximum atomic E-state index is 11.2. The van der Waals surface area contributed by atoms with Crippen molar-refractivity contribution in [2.75, 3.05) is 0 Å². The van der Waals surface area contributed by atoms with Gasteiger partial charge >= 0.3 is 5.97 Å². The van der Waals surface area contributed by atoms with Crippen molar-refractivity contribution >= 4 is 5.97 Å². The van der Waals surface area contributed by atoms with Gasteiger partial charge in [0.25, 0.3) is 0 Å². The van der Waals surface area contributed by atoms with E-state index < -0.39 is 6.04 Å². The largest absolute Gasteiger partial charge is 0.457 e. The van der Waals surface area contributed by atoms with E-state index in [9.17, 15) is 4.79 Å². The van der Waals surface area contributed by atoms with E-state index in [1.807, 2.05) is 37.3 Å². The second kappa shape index (κ2) is 4.77. The summed E-state index contributed by atoms with van der Waals surface area (Å²) in [6.07, 6.45) is -0.241. The molecule has 2 N–H and O–H groups in total. The molecular formula is C11H15NO2. The predicted molar refractivity (Wildman–Crippen MR) is 54.6 cm³/mol. The van der Waals surface area contributed by atoms with Gasteiger partial charge in [-0.1, -0.05) is 30.3 Å². The highest BCUT2D eigenvalue weighted by molar-refractivity contribution is 5.75. The minimum Gasteiger partial charge on any atom is -0.457 e. The minimum absolute atomic E-state index is 0.241. The number of ether oxygens (including phenoxy) is 1. The normalized spacial score (nSPS) is 14.5. The van der Waals surface area contributed by atoms with Crippen molar-refractivity contribution in [2.45, 2.75) is 26.0 Å². The fraction of sp³-hybridized carbons (Fsp3) is 0.364. The standard InChI is InChI=1S/C11H15NO2/c1-8(12)11(13)14-9(2)10-6-4-3-5-7-10/h3-9H,12H2,1-2H3/t8-,9-/m0/s1. The molecule has 3 heteroatoms. The second-order valence-electron chi connectivity index (χ2n) is 3.28. The molecule has 0 radical (unpaired) electrons. The van der Waals surface area contributed by atoms with Crippen LogP contribution in [0.3, 0.4) is 0 Å². The van der Waals surface area contributed by atoms with Crippen LogP contribution in [0.5, 0.6) is 0 Å². The number of esters is 1. The molecule has 0 amide bonds. The summed E-state index contributed by atoms with van der Waals surface area (Å²) in [5, 5.41) is 0. The summed E-state index contributed by atoms with van der Waals surface area (Å²) >= 11 is 0. The van der Waals surface area contributed by atoms with Gasteiger partial charge in [0.15, 0.2) is 0 Å². The Hall–Kier alpha value is -1.35. The number of nitrogens with two attached hydrogens (primary N) is 1. The molecule has 0 saturated heterocycles. The first-order valence-corrected chi connectivity index (χ1v) is 4.62. The lowest BCUT2D eigenvalue weighted by molar-refractivity contribution is -0.149. The summed E-state index contributed by atoms with van der Waals surface area (Å²) in [4.78, 5) is 11.2. The molecule has 1 rings (SSSR count). The Labute approximate surface area is 83.9 Å². The van der Waals surface area contributed by atoms with E-state index in [0.29, 0.717) is 0 Å². The number of rotatable bonds is 3. The number of carbonyl (C=O) groups is 1. The third kappa shape index (κ3) is 2.85. The lowest BCUT2D eigenvalue weighted by Crippen LogP contribution is -2.29. The van der Waals surface area contributed by atoms with Gasteiger partial charge in [0.1, 0.15) is 12.1 Å². The summed E-state index contributed by atoms with van der Waals surface area (Å²) in [5.74, 6) is -0.374. The molecule has 0 unspecified atom stereocenters. The van der Waals surface area contributed by atoms with Crippen LogP contribution in [0.2, 0.25) is 0 Å². The van der Waals surface area contributed by atoms with E-state index in [1.165, 1.54) is 0 Å². The summed E-state index contributed by atoms with van der Waals surface area (Å²) in [6.45, 7) is 3.44. The van der Waals surface area contributed by atoms with E-state index in [4.69, 9.17) is 10.5 Å². The fourth-order valence-corrected chi connectivity index (χ4v) is 1.07. The highest BCUT2D eigenvalue weighted by Gasteiger charge is 2.14. The molecule has 1 aromatic rings. The van der Waals surface area contributed by atoms with Gasteiger partial charge < -0.3 is 10.5 Å². The molecule has 2 atom stereocenters. The molecule has 0 aliphatic heterocycles. The van der Waals surface area contributed by atoms with Crippen molar-refractivity contribution in [3.63, 3.8) is 0 Å². The molecule has 76 valence electrons. The third-order valence-electron chi connectivity index (χ3n) is 1.93. The van der Waals surface area contributed by atoms with E-state index in [-0.39, 0.29) is 12.1 Å². The summed E-state index contributed by atoms with van der Waals surface area (Å²) in [7, 11) is 0. The van der Waals surface area contributed by atoms with Crippen LogP contribution in [0.1, 0.15) is 25.5 Å². The van der Waals surface area contributed by atoms with Gasteiger partial charge in [0.05, 0.1) is 0 Å². The van der Waals surface area contributed by atoms with Crippen LogP contribution in [0, 0.1) is 0 Å². The van der Waals surface area contributed by atoms with Gasteiger partial charge in [-0.2, -0.15) is 0 Å². The van der Waals surface area contributed by atoms with Crippen molar-refractivity contribution in [1.82, 2.24) is 0 Å². The first-order valence-electron chi connectivity index (χ1n) is 4.62. The monoisotopic (exact) mass is 193 g/mol. The Morgan fingerprint density at radius 1 is 1.29 bits per heavy atom. The van der Waals surface area contributed by atoms with E-state index in [1.54, 1.807) is 6.92 Å². The molecule has 0 fully saturated rings. The zero-order valence-corrected chi connectivity index (χ0v) is 8.44. The molecule has 14 heavy (non-hydrogen) atoms. The lowest BCUT2D eigenvalue weighted by Gasteiger charge is -2.14. The summed E-state index contributed by atoms with van der Waals surface area (Å²) < 4.78 is 5.13. The Morgan fingerprint density at radius 2 is 1.86 bits per heavy atom. The zero-order valence-electron chi connectivity index (χ0n) is 8.44. The van der Waals surface area contributed by atoms with Crippen molar-refractivity contribution in [1.29, 1.82) is 0 Å². The second-order valence-corrected chi connectivity index (χ2v) is 3.28. The molecule has 1 aromatic carbocycles. The fourth-order valence-electron chi connectivity index (χ4n) is 1.07. The predicted octanol–water partition coefficient (Wildman–Crippen LogP) is 1.64. The Balaban J connectivity index is 2.59. The molecule has 0 aliphatic rings. The number of hydrogen-bond acceptors (Lipinski definition) is 3. The Kier molecular flexibility index (Phi) is 3.65. The number of carbonyl (C=O) groups excluding carboxylic acids is 1. The van der Waals surface area contributed by atoms with Crippen molar-refractivity contribution < 1.29 is 9.53 Å². The molecule has 3 nitrogen and oxygen atoms in total. The highest BCUT2D eigenvalue weighted by Crippen LogP contribution is 2.16. The highest BCUT2D eigenvalue weighted by atomic mass is 16.5. The average Bonchev–Trinajstić information content (AvgIpc) is 2.19. The van der Waals surface area contributed by atoms with Crippen molar-refractivity contribution in [3.05, 3.63) is 35.9 Å². The quantitative estimate of drug-likeness (QED) is 0.742. The Morgan fingerprint density at radius 3 is 2.36 bits per heavy atom. The number of hydrogen-bond donors (Lipinski definition) is 1. The smallest absolute Gasteiger partial charge is 0.323 e. The van der Waals surface area contributed by atoms with E-state index >= 15 is 0 Å². The molecule has 0 aliphatic carbocycles. The molecule has 0 heterocycles. The number of benzene rings is 1. The summed E-state index contributed by atoms with van der Waals surface area (Å²) in [6, 6.07) is 9.00. The van der Waals surface area contributed by atoms with Gasteiger partial charge in [-0.15, -0.1) is 0 Å². The molecular weight excluding hydrogens is 178 g/mol. The van der Waals surface area contributed by atoms with Crippen LogP contribution in [-0.4, -0.2) is 12.0 Å². The molecule has 0 saturated carbocycles. The minimum atomic E-state index is -0.568. The van der Waals surface area contributed by atoms with Gasteiger partial charge in [-0.25, -0.2) is 0 Å². The van der Waals surface area contributed by atoms with Gasteiger partial charge in [-0.3, -0.25) is 4.79 Å². The van der Waals surface area contributed by atoms with Gasteiger partial charge in [0, 0.05) is 0 Å². The zero-order chi connectivity index (χ0) is 10.6. The molecule has 0 spiro atoms. The van der Waals surface area contributed by atoms with Crippen LogP contribution < -0.4 is 5.73 Å². The molecule has 0 aromatic heterocycles. The molecule has 0 bridgehead atoms. The maximum Gasteiger partial charge on any atom is 0.323 e. The van der Waals surface area contributed by atoms with Crippen LogP contribution in [-0.2, 0) is 9.53 Å². The third-order valence-corrected chi connectivity index (χ3v) is 1.93. The summed E-state index contributed by atoms with van der Waals surface area (Å²) in [5.41, 5.74) is 6.36. The average molecular weight is 193 g/mol. The first-order chi connectivity index (χ1) is 6.61. The van der Waals surface area contributed by atoms with Gasteiger partial charge in [-0.05, 0) is 19.4 Å². The lowest BCUT2D eigenvalue weighted by atomic mass is 10.1. The van der Waals surface area contributed by atoms with Crippen LogP contribution in [0.25, 0.3) is 0 Å². The Bertz CT molecular complexity index is 295. The van der Waals surface area contributed by atoms with Gasteiger partial charge in [0.2, 0.25) is 0 Å². The van der Waals surface area contributed by atoms with Crippen LogP contribution >= 0.6 is 0 Å². The van der Waals surface area contributed by atoms with Crippen molar-refractivity contribution in [3.8, 4) is 0 Å². The van der Waals surface area contributed by atoms with Crippen LogP contribution in [0.15, 0.2) is 30.3 Å². The van der Waals surface area contributed by atoms with Crippen molar-refractivity contribution in [2.24, 2.45) is 5.73 Å². The SMILES string of the molecule is C[C@H](N)C(=O)O[C@@H](C)c1ccccc1. The van der Waals surface area contributed by atoms with E-state index in [2.05, 4.69) is 0 Å².